The summed E-state index contributed by atoms with van der Waals surface area (Å²) in [6.45, 7) is 0. The van der Waals surface area contributed by atoms with E-state index in [-0.39, 0.29) is 0 Å². The van der Waals surface area contributed by atoms with Crippen molar-refractivity contribution < 1.29 is 4.42 Å². The van der Waals surface area contributed by atoms with Crippen LogP contribution in [-0.2, 0) is 0 Å². The Labute approximate surface area is 349 Å². The van der Waals surface area contributed by atoms with Gasteiger partial charge in [-0.25, -0.2) is 0 Å². The maximum absolute atomic E-state index is 6.24. The molecule has 0 radical (unpaired) electrons. The van der Waals surface area contributed by atoms with E-state index < -0.39 is 0 Å². The van der Waals surface area contributed by atoms with Crippen molar-refractivity contribution in [1.82, 2.24) is 0 Å². The van der Waals surface area contributed by atoms with Crippen molar-refractivity contribution in [1.29, 1.82) is 0 Å². The molecule has 0 saturated heterocycles. The van der Waals surface area contributed by atoms with Gasteiger partial charge in [-0.15, -0.1) is 0 Å². The Morgan fingerprint density at radius 3 is 1.50 bits per heavy atom. The highest BCUT2D eigenvalue weighted by Gasteiger charge is 2.19. The third-order valence-corrected chi connectivity index (χ3v) is 11.7. The van der Waals surface area contributed by atoms with E-state index in [4.69, 9.17) is 4.42 Å². The molecule has 282 valence electrons. The fraction of sp³-hybridized carbons (Fsp3) is 0. The summed E-state index contributed by atoms with van der Waals surface area (Å²) in [5, 5.41) is 4.78. The highest BCUT2D eigenvalue weighted by atomic mass is 16.3. The quantitative estimate of drug-likeness (QED) is 0.153. The molecular weight excluding hydrogens is 727 g/mol. The summed E-state index contributed by atoms with van der Waals surface area (Å²) in [6, 6.07) is 84.9. The SMILES string of the molecule is c1ccc(-c2ccccc2N(c2ccc(-c3cccc(-c4cccc(-c5ccc6ccccc6c5)c4)c3)cc2)c2ccc(-c3cccc4oc5ccccc5c34)cc2)cc1. The number of para-hydroxylation sites is 2. The van der Waals surface area contributed by atoms with E-state index in [0.717, 1.165) is 50.1 Å². The smallest absolute Gasteiger partial charge is 0.136 e. The summed E-state index contributed by atoms with van der Waals surface area (Å²) in [4.78, 5) is 2.37. The monoisotopic (exact) mass is 765 g/mol. The van der Waals surface area contributed by atoms with Gasteiger partial charge in [0.05, 0.1) is 5.69 Å². The van der Waals surface area contributed by atoms with E-state index in [1.54, 1.807) is 0 Å². The van der Waals surface area contributed by atoms with Gasteiger partial charge < -0.3 is 9.32 Å². The van der Waals surface area contributed by atoms with Gasteiger partial charge in [0.2, 0.25) is 0 Å². The normalized spacial score (nSPS) is 11.3. The van der Waals surface area contributed by atoms with Gasteiger partial charge in [-0.1, -0.05) is 176 Å². The van der Waals surface area contributed by atoms with Crippen LogP contribution in [0.4, 0.5) is 17.1 Å². The molecule has 0 N–H and O–H groups in total. The lowest BCUT2D eigenvalue weighted by Gasteiger charge is -2.28. The molecule has 0 amide bonds. The van der Waals surface area contributed by atoms with Crippen LogP contribution in [-0.4, -0.2) is 0 Å². The van der Waals surface area contributed by atoms with Crippen molar-refractivity contribution in [2.24, 2.45) is 0 Å². The standard InChI is InChI=1S/C58H39NO/c1-2-14-42(15-3-1)52-21-6-8-24-55(52)59(51-35-31-43(32-36-51)53-23-12-26-57-58(53)54-22-7-9-25-56(54)60-57)50-33-29-41(30-34-50)45-17-10-18-46(37-45)47-19-11-20-48(39-47)49-28-27-40-13-4-5-16-44(40)38-49/h1-39H. The Balaban J connectivity index is 0.957. The molecule has 10 aromatic carbocycles. The molecule has 0 saturated carbocycles. The number of benzene rings is 10. The second-order valence-electron chi connectivity index (χ2n) is 15.3. The van der Waals surface area contributed by atoms with Crippen molar-refractivity contribution >= 4 is 49.8 Å². The molecule has 0 aliphatic heterocycles. The summed E-state index contributed by atoms with van der Waals surface area (Å²) in [5.74, 6) is 0. The lowest BCUT2D eigenvalue weighted by molar-refractivity contribution is 0.669. The van der Waals surface area contributed by atoms with Gasteiger partial charge in [0.25, 0.3) is 0 Å². The molecule has 0 aliphatic carbocycles. The van der Waals surface area contributed by atoms with Crippen LogP contribution in [0.15, 0.2) is 241 Å². The number of rotatable bonds is 8. The van der Waals surface area contributed by atoms with Crippen LogP contribution >= 0.6 is 0 Å². The van der Waals surface area contributed by atoms with Crippen LogP contribution in [0.2, 0.25) is 0 Å². The lowest BCUT2D eigenvalue weighted by Crippen LogP contribution is -2.11. The van der Waals surface area contributed by atoms with Crippen molar-refractivity contribution in [3.63, 3.8) is 0 Å². The van der Waals surface area contributed by atoms with Crippen LogP contribution in [0.1, 0.15) is 0 Å². The van der Waals surface area contributed by atoms with Crippen LogP contribution in [0, 0.1) is 0 Å². The summed E-state index contributed by atoms with van der Waals surface area (Å²) in [7, 11) is 0. The number of furan rings is 1. The molecule has 2 nitrogen and oxygen atoms in total. The third-order valence-electron chi connectivity index (χ3n) is 11.7. The largest absolute Gasteiger partial charge is 0.456 e. The van der Waals surface area contributed by atoms with Gasteiger partial charge in [-0.3, -0.25) is 0 Å². The number of hydrogen-bond acceptors (Lipinski definition) is 2. The molecule has 60 heavy (non-hydrogen) atoms. The van der Waals surface area contributed by atoms with Crippen molar-refractivity contribution in [2.75, 3.05) is 4.90 Å². The van der Waals surface area contributed by atoms with E-state index in [0.29, 0.717) is 0 Å². The Morgan fingerprint density at radius 1 is 0.283 bits per heavy atom. The second-order valence-corrected chi connectivity index (χ2v) is 15.3. The van der Waals surface area contributed by atoms with Crippen LogP contribution < -0.4 is 4.90 Å². The van der Waals surface area contributed by atoms with Crippen molar-refractivity contribution in [2.45, 2.75) is 0 Å². The molecule has 2 heteroatoms. The second kappa shape index (κ2) is 15.1. The topological polar surface area (TPSA) is 16.4 Å². The number of hydrogen-bond donors (Lipinski definition) is 0. The van der Waals surface area contributed by atoms with E-state index in [2.05, 4.69) is 229 Å². The number of anilines is 3. The minimum absolute atomic E-state index is 0.899. The van der Waals surface area contributed by atoms with Crippen molar-refractivity contribution in [3.8, 4) is 55.6 Å². The first-order valence-electron chi connectivity index (χ1n) is 20.5. The Hall–Kier alpha value is -7.94. The first-order chi connectivity index (χ1) is 29.7. The molecule has 11 rings (SSSR count). The predicted octanol–water partition coefficient (Wildman–Crippen LogP) is 16.5. The molecule has 0 spiro atoms. The first kappa shape index (κ1) is 35.2. The summed E-state index contributed by atoms with van der Waals surface area (Å²) >= 11 is 0. The zero-order chi connectivity index (χ0) is 39.8. The Kier molecular flexibility index (Phi) is 8.87. The fourth-order valence-corrected chi connectivity index (χ4v) is 8.69. The number of fused-ring (bicyclic) bond motifs is 4. The maximum atomic E-state index is 6.24. The van der Waals surface area contributed by atoms with Gasteiger partial charge in [-0.2, -0.15) is 0 Å². The summed E-state index contributed by atoms with van der Waals surface area (Å²) in [6.07, 6.45) is 0. The molecule has 0 fully saturated rings. The zero-order valence-electron chi connectivity index (χ0n) is 32.9. The molecule has 1 heterocycles. The average molecular weight is 766 g/mol. The number of nitrogens with zero attached hydrogens (tertiary/aromatic N) is 1. The van der Waals surface area contributed by atoms with E-state index >= 15 is 0 Å². The summed E-state index contributed by atoms with van der Waals surface area (Å²) in [5.41, 5.74) is 16.9. The maximum Gasteiger partial charge on any atom is 0.136 e. The molecule has 1 aromatic heterocycles. The van der Waals surface area contributed by atoms with Crippen LogP contribution in [0.3, 0.4) is 0 Å². The molecule has 11 aromatic rings. The van der Waals surface area contributed by atoms with E-state index in [9.17, 15) is 0 Å². The molecule has 0 unspecified atom stereocenters. The highest BCUT2D eigenvalue weighted by Crippen LogP contribution is 2.43. The zero-order valence-corrected chi connectivity index (χ0v) is 32.9. The Bertz CT molecular complexity index is 3310. The predicted molar refractivity (Wildman–Crippen MR) is 253 cm³/mol. The summed E-state index contributed by atoms with van der Waals surface area (Å²) < 4.78 is 6.24. The third kappa shape index (κ3) is 6.51. The van der Waals surface area contributed by atoms with E-state index in [1.165, 1.54) is 55.3 Å². The molecule has 0 bridgehead atoms. The highest BCUT2D eigenvalue weighted by molar-refractivity contribution is 6.12. The lowest BCUT2D eigenvalue weighted by atomic mass is 9.95. The van der Waals surface area contributed by atoms with E-state index in [1.807, 2.05) is 12.1 Å². The minimum atomic E-state index is 0.899. The first-order valence-corrected chi connectivity index (χ1v) is 20.5. The van der Waals surface area contributed by atoms with Crippen LogP contribution in [0.25, 0.3) is 88.3 Å². The minimum Gasteiger partial charge on any atom is -0.456 e. The molecular formula is C58H39NO. The molecule has 0 aliphatic rings. The van der Waals surface area contributed by atoms with Crippen molar-refractivity contribution in [3.05, 3.63) is 237 Å². The van der Waals surface area contributed by atoms with Gasteiger partial charge in [0, 0.05) is 27.7 Å². The van der Waals surface area contributed by atoms with Gasteiger partial charge in [0.1, 0.15) is 11.2 Å². The van der Waals surface area contributed by atoms with Gasteiger partial charge >= 0.3 is 0 Å². The van der Waals surface area contributed by atoms with Crippen LogP contribution in [0.5, 0.6) is 0 Å². The van der Waals surface area contributed by atoms with Gasteiger partial charge in [-0.05, 0) is 122 Å². The van der Waals surface area contributed by atoms with Gasteiger partial charge in [0.15, 0.2) is 0 Å². The Morgan fingerprint density at radius 2 is 0.767 bits per heavy atom. The average Bonchev–Trinajstić information content (AvgIpc) is 3.72. The fourth-order valence-electron chi connectivity index (χ4n) is 8.69. The molecule has 0 atom stereocenters.